The lowest BCUT2D eigenvalue weighted by molar-refractivity contribution is 0.410. The van der Waals surface area contributed by atoms with Gasteiger partial charge in [-0.05, 0) is 19.1 Å². The van der Waals surface area contributed by atoms with Crippen molar-refractivity contribution < 1.29 is 9.13 Å². The fourth-order valence-corrected chi connectivity index (χ4v) is 1.51. The zero-order valence-electron chi connectivity index (χ0n) is 9.27. The van der Waals surface area contributed by atoms with E-state index in [1.54, 1.807) is 16.8 Å². The van der Waals surface area contributed by atoms with Crippen LogP contribution in [0.25, 0.3) is 0 Å². The van der Waals surface area contributed by atoms with E-state index in [0.717, 1.165) is 5.69 Å². The molecule has 84 valence electrons. The van der Waals surface area contributed by atoms with Crippen LogP contribution in [0.15, 0.2) is 30.5 Å². The average Bonchev–Trinajstić information content (AvgIpc) is 2.67. The van der Waals surface area contributed by atoms with E-state index in [4.69, 9.17) is 4.74 Å². The second-order valence-electron chi connectivity index (χ2n) is 3.61. The minimum atomic E-state index is -0.271. The van der Waals surface area contributed by atoms with Crippen LogP contribution >= 0.6 is 0 Å². The number of aromatic nitrogens is 2. The summed E-state index contributed by atoms with van der Waals surface area (Å²) < 4.78 is 20.3. The molecule has 1 heterocycles. The van der Waals surface area contributed by atoms with Gasteiger partial charge in [0.1, 0.15) is 11.6 Å². The van der Waals surface area contributed by atoms with Gasteiger partial charge in [0.05, 0.1) is 19.3 Å². The molecule has 4 heteroatoms. The molecule has 0 aliphatic rings. The first-order chi connectivity index (χ1) is 7.69. The maximum absolute atomic E-state index is 13.6. The first-order valence-corrected chi connectivity index (χ1v) is 5.01. The normalized spacial score (nSPS) is 10.4. The first-order valence-electron chi connectivity index (χ1n) is 5.01. The topological polar surface area (TPSA) is 27.1 Å². The lowest BCUT2D eigenvalue weighted by Gasteiger charge is -2.05. The zero-order valence-corrected chi connectivity index (χ0v) is 9.27. The number of aryl methyl sites for hydroxylation is 1. The molecule has 0 fully saturated rings. The fraction of sp³-hybridized carbons (Fsp3) is 0.250. The maximum Gasteiger partial charge on any atom is 0.131 e. The Morgan fingerprint density at radius 2 is 2.19 bits per heavy atom. The largest absolute Gasteiger partial charge is 0.497 e. The van der Waals surface area contributed by atoms with Gasteiger partial charge < -0.3 is 4.74 Å². The summed E-state index contributed by atoms with van der Waals surface area (Å²) >= 11 is 0. The van der Waals surface area contributed by atoms with Gasteiger partial charge in [-0.25, -0.2) is 4.39 Å². The molecule has 0 spiro atoms. The van der Waals surface area contributed by atoms with Crippen molar-refractivity contribution in [1.82, 2.24) is 9.78 Å². The highest BCUT2D eigenvalue weighted by Crippen LogP contribution is 2.16. The summed E-state index contributed by atoms with van der Waals surface area (Å²) in [5.74, 6) is 0.255. The number of nitrogens with zero attached hydrogens (tertiary/aromatic N) is 2. The number of hydrogen-bond donors (Lipinski definition) is 0. The zero-order chi connectivity index (χ0) is 11.5. The third-order valence-corrected chi connectivity index (χ3v) is 2.37. The highest BCUT2D eigenvalue weighted by molar-refractivity contribution is 5.29. The number of halogens is 1. The van der Waals surface area contributed by atoms with Gasteiger partial charge in [0.25, 0.3) is 0 Å². The van der Waals surface area contributed by atoms with E-state index in [-0.39, 0.29) is 5.82 Å². The molecule has 0 aliphatic heterocycles. The number of hydrogen-bond acceptors (Lipinski definition) is 2. The van der Waals surface area contributed by atoms with Crippen molar-refractivity contribution in [3.05, 3.63) is 47.5 Å². The SMILES string of the molecule is COc1ccc(Cn2ccc(C)n2)c(F)c1. The van der Waals surface area contributed by atoms with E-state index in [0.29, 0.717) is 17.9 Å². The number of methoxy groups -OCH3 is 1. The molecular formula is C12H13FN2O. The van der Waals surface area contributed by atoms with E-state index < -0.39 is 0 Å². The maximum atomic E-state index is 13.6. The quantitative estimate of drug-likeness (QED) is 0.794. The lowest BCUT2D eigenvalue weighted by atomic mass is 10.2. The Balaban J connectivity index is 2.21. The van der Waals surface area contributed by atoms with Crippen molar-refractivity contribution in [2.24, 2.45) is 0 Å². The molecule has 16 heavy (non-hydrogen) atoms. The molecule has 2 rings (SSSR count). The van der Waals surface area contributed by atoms with Crippen molar-refractivity contribution in [3.63, 3.8) is 0 Å². The minimum Gasteiger partial charge on any atom is -0.497 e. The van der Waals surface area contributed by atoms with E-state index in [1.165, 1.54) is 13.2 Å². The van der Waals surface area contributed by atoms with Gasteiger partial charge in [0.2, 0.25) is 0 Å². The molecule has 0 saturated carbocycles. The summed E-state index contributed by atoms with van der Waals surface area (Å²) in [6, 6.07) is 6.73. The van der Waals surface area contributed by atoms with Crippen molar-refractivity contribution in [3.8, 4) is 5.75 Å². The molecule has 0 atom stereocenters. The van der Waals surface area contributed by atoms with Gasteiger partial charge in [-0.3, -0.25) is 4.68 Å². The van der Waals surface area contributed by atoms with Gasteiger partial charge in [-0.15, -0.1) is 0 Å². The molecule has 0 N–H and O–H groups in total. The molecule has 0 bridgehead atoms. The van der Waals surface area contributed by atoms with Crippen LogP contribution in [-0.2, 0) is 6.54 Å². The van der Waals surface area contributed by atoms with Gasteiger partial charge in [-0.1, -0.05) is 6.07 Å². The fourth-order valence-electron chi connectivity index (χ4n) is 1.51. The third-order valence-electron chi connectivity index (χ3n) is 2.37. The monoisotopic (exact) mass is 220 g/mol. The highest BCUT2D eigenvalue weighted by Gasteiger charge is 2.05. The van der Waals surface area contributed by atoms with E-state index in [2.05, 4.69) is 5.10 Å². The Bertz CT molecular complexity index is 494. The molecular weight excluding hydrogens is 207 g/mol. The standard InChI is InChI=1S/C12H13FN2O/c1-9-5-6-15(14-9)8-10-3-4-11(16-2)7-12(10)13/h3-7H,8H2,1-2H3. The molecule has 0 saturated heterocycles. The third kappa shape index (κ3) is 2.21. The summed E-state index contributed by atoms with van der Waals surface area (Å²) in [4.78, 5) is 0. The van der Waals surface area contributed by atoms with Gasteiger partial charge in [0.15, 0.2) is 0 Å². The molecule has 2 aromatic rings. The molecule has 1 aromatic carbocycles. The first kappa shape index (κ1) is 10.7. The molecule has 1 aromatic heterocycles. The van der Waals surface area contributed by atoms with Crippen molar-refractivity contribution in [2.45, 2.75) is 13.5 Å². The Kier molecular flexibility index (Phi) is 2.90. The van der Waals surface area contributed by atoms with Crippen LogP contribution in [-0.4, -0.2) is 16.9 Å². The van der Waals surface area contributed by atoms with Crippen LogP contribution in [0.5, 0.6) is 5.75 Å². The Hall–Kier alpha value is -1.84. The lowest BCUT2D eigenvalue weighted by Crippen LogP contribution is -2.03. The predicted octanol–water partition coefficient (Wildman–Crippen LogP) is 2.39. The van der Waals surface area contributed by atoms with Gasteiger partial charge in [0, 0.05) is 17.8 Å². The van der Waals surface area contributed by atoms with Crippen LogP contribution in [0.4, 0.5) is 4.39 Å². The Morgan fingerprint density at radius 3 is 2.75 bits per heavy atom. The van der Waals surface area contributed by atoms with Crippen molar-refractivity contribution in [1.29, 1.82) is 0 Å². The van der Waals surface area contributed by atoms with Crippen LogP contribution in [0.3, 0.4) is 0 Å². The summed E-state index contributed by atoms with van der Waals surface area (Å²) in [6.07, 6.45) is 1.83. The summed E-state index contributed by atoms with van der Waals surface area (Å²) in [6.45, 7) is 2.34. The summed E-state index contributed by atoms with van der Waals surface area (Å²) in [5, 5.41) is 4.21. The van der Waals surface area contributed by atoms with Crippen molar-refractivity contribution in [2.75, 3.05) is 7.11 Å². The Labute approximate surface area is 93.5 Å². The van der Waals surface area contributed by atoms with Crippen LogP contribution in [0.1, 0.15) is 11.3 Å². The number of rotatable bonds is 3. The van der Waals surface area contributed by atoms with Crippen LogP contribution in [0, 0.1) is 12.7 Å². The molecule has 0 radical (unpaired) electrons. The molecule has 0 amide bonds. The average molecular weight is 220 g/mol. The number of benzene rings is 1. The van der Waals surface area contributed by atoms with E-state index in [9.17, 15) is 4.39 Å². The second kappa shape index (κ2) is 4.35. The van der Waals surface area contributed by atoms with Gasteiger partial charge in [-0.2, -0.15) is 5.10 Å². The van der Waals surface area contributed by atoms with Crippen LogP contribution in [0.2, 0.25) is 0 Å². The summed E-state index contributed by atoms with van der Waals surface area (Å²) in [7, 11) is 1.52. The van der Waals surface area contributed by atoms with Crippen molar-refractivity contribution >= 4 is 0 Å². The van der Waals surface area contributed by atoms with Gasteiger partial charge >= 0.3 is 0 Å². The molecule has 0 aliphatic carbocycles. The molecule has 3 nitrogen and oxygen atoms in total. The van der Waals surface area contributed by atoms with Crippen LogP contribution < -0.4 is 4.74 Å². The minimum absolute atomic E-state index is 0.271. The Morgan fingerprint density at radius 1 is 1.38 bits per heavy atom. The highest BCUT2D eigenvalue weighted by atomic mass is 19.1. The number of ether oxygens (including phenoxy) is 1. The van der Waals surface area contributed by atoms with E-state index >= 15 is 0 Å². The van der Waals surface area contributed by atoms with E-state index in [1.807, 2.05) is 19.2 Å². The smallest absolute Gasteiger partial charge is 0.131 e. The summed E-state index contributed by atoms with van der Waals surface area (Å²) in [5.41, 5.74) is 1.53. The predicted molar refractivity (Wildman–Crippen MR) is 59.0 cm³/mol. The second-order valence-corrected chi connectivity index (χ2v) is 3.61. The molecule has 0 unspecified atom stereocenters.